The minimum absolute atomic E-state index is 0.0290. The molecule has 0 aliphatic heterocycles. The van der Waals surface area contributed by atoms with Gasteiger partial charge in [0.25, 0.3) is 11.0 Å². The van der Waals surface area contributed by atoms with Gasteiger partial charge in [0.1, 0.15) is 0 Å². The molecule has 3 fully saturated rings. The van der Waals surface area contributed by atoms with Crippen LogP contribution in [0.1, 0.15) is 107 Å². The van der Waals surface area contributed by atoms with E-state index in [1.54, 1.807) is 6.07 Å². The van der Waals surface area contributed by atoms with E-state index in [0.29, 0.717) is 17.5 Å². The third-order valence-electron chi connectivity index (χ3n) is 8.52. The summed E-state index contributed by atoms with van der Waals surface area (Å²) >= 11 is 0. The lowest BCUT2D eigenvalue weighted by Gasteiger charge is -2.35. The highest BCUT2D eigenvalue weighted by Crippen LogP contribution is 2.45. The maximum Gasteiger partial charge on any atom is 0.268 e. The second kappa shape index (κ2) is 8.44. The van der Waals surface area contributed by atoms with Crippen LogP contribution < -0.4 is 16.4 Å². The molecule has 168 valence electrons. The molecule has 2 aromatic rings. The number of nitrogens with zero attached hydrogens (tertiary/aromatic N) is 1. The summed E-state index contributed by atoms with van der Waals surface area (Å²) in [6.07, 6.45) is 15.0. The average molecular weight is 427 g/mol. The molecule has 31 heavy (non-hydrogen) atoms. The lowest BCUT2D eigenvalue weighted by atomic mass is 9.78. The fourth-order valence-corrected chi connectivity index (χ4v) is 7.01. The highest BCUT2D eigenvalue weighted by molar-refractivity contribution is 5.45. The fraction of sp³-hybridized carbons (Fsp3) is 0.720. The van der Waals surface area contributed by atoms with E-state index in [2.05, 4.69) is 5.10 Å². The summed E-state index contributed by atoms with van der Waals surface area (Å²) < 4.78 is 1.87. The Bertz CT molecular complexity index is 1040. The third kappa shape index (κ3) is 3.62. The molecule has 1 aromatic heterocycles. The Morgan fingerprint density at radius 1 is 0.774 bits per heavy atom. The molecule has 5 rings (SSSR count). The minimum atomic E-state index is -0.786. The molecular formula is C25H34N2O4. The molecule has 1 heterocycles. The van der Waals surface area contributed by atoms with Crippen molar-refractivity contribution in [1.82, 2.24) is 9.78 Å². The standard InChI is InChI=1S/C25H34N2O4/c28-19-14-18(20(15-8-4-5-9-15)21-23(29)25(31)24(21)30)26-27(19)22(17-12-6-7-13-17)16-10-2-1-3-11-16/h14-17,20,22,26,29H,1-13H2. The zero-order valence-corrected chi connectivity index (χ0v) is 18.3. The normalized spacial score (nSPS) is 23.6. The Kier molecular flexibility index (Phi) is 5.65. The number of hydrogen-bond acceptors (Lipinski definition) is 4. The molecule has 3 saturated carbocycles. The van der Waals surface area contributed by atoms with Gasteiger partial charge in [-0.25, -0.2) is 4.68 Å². The van der Waals surface area contributed by atoms with Crippen LogP contribution in [0.15, 0.2) is 20.4 Å². The Morgan fingerprint density at radius 2 is 1.29 bits per heavy atom. The highest BCUT2D eigenvalue weighted by Gasteiger charge is 2.39. The average Bonchev–Trinajstić information content (AvgIpc) is 3.56. The number of aromatic nitrogens is 2. The van der Waals surface area contributed by atoms with Gasteiger partial charge in [0.15, 0.2) is 5.75 Å². The van der Waals surface area contributed by atoms with Gasteiger partial charge in [0.05, 0.1) is 11.6 Å². The van der Waals surface area contributed by atoms with Gasteiger partial charge in [0.2, 0.25) is 5.43 Å². The van der Waals surface area contributed by atoms with E-state index < -0.39 is 16.6 Å². The quantitative estimate of drug-likeness (QED) is 0.680. The number of hydrogen-bond donors (Lipinski definition) is 2. The first-order valence-electron chi connectivity index (χ1n) is 12.4. The maximum atomic E-state index is 13.3. The molecule has 2 N–H and O–H groups in total. The number of rotatable bonds is 6. The summed E-state index contributed by atoms with van der Waals surface area (Å²) in [6, 6.07) is 1.83. The lowest BCUT2D eigenvalue weighted by Crippen LogP contribution is -2.38. The lowest BCUT2D eigenvalue weighted by molar-refractivity contribution is 0.166. The number of aromatic hydroxyl groups is 1. The van der Waals surface area contributed by atoms with E-state index in [4.69, 9.17) is 0 Å². The van der Waals surface area contributed by atoms with Gasteiger partial charge in [-0.15, -0.1) is 0 Å². The Labute approximate surface area is 182 Å². The van der Waals surface area contributed by atoms with E-state index in [-0.39, 0.29) is 29.0 Å². The summed E-state index contributed by atoms with van der Waals surface area (Å²) in [6.45, 7) is 0. The summed E-state index contributed by atoms with van der Waals surface area (Å²) in [4.78, 5) is 37.4. The van der Waals surface area contributed by atoms with Crippen LogP contribution in [0.5, 0.6) is 5.75 Å². The monoisotopic (exact) mass is 426 g/mol. The molecule has 3 aliphatic rings. The number of aromatic amines is 1. The minimum Gasteiger partial charge on any atom is -0.504 e. The SMILES string of the molecule is O=c1c(O)c(C(c2cc(=O)n(C(C3CCCCC3)C3CCCC3)[nH]2)C2CCCC2)c1=O. The van der Waals surface area contributed by atoms with E-state index >= 15 is 0 Å². The van der Waals surface area contributed by atoms with Crippen molar-refractivity contribution in [1.29, 1.82) is 0 Å². The van der Waals surface area contributed by atoms with Crippen molar-refractivity contribution in [2.24, 2.45) is 17.8 Å². The first-order valence-corrected chi connectivity index (χ1v) is 12.4. The first-order chi connectivity index (χ1) is 15.1. The van der Waals surface area contributed by atoms with Crippen molar-refractivity contribution in [2.45, 2.75) is 95.4 Å². The van der Waals surface area contributed by atoms with Crippen molar-refractivity contribution >= 4 is 0 Å². The third-order valence-corrected chi connectivity index (χ3v) is 8.52. The van der Waals surface area contributed by atoms with Gasteiger partial charge in [-0.2, -0.15) is 0 Å². The van der Waals surface area contributed by atoms with Gasteiger partial charge in [-0.3, -0.25) is 19.5 Å². The Balaban J connectivity index is 1.55. The molecule has 2 atom stereocenters. The molecule has 0 bridgehead atoms. The molecule has 1 aromatic carbocycles. The summed E-state index contributed by atoms with van der Waals surface area (Å²) in [7, 11) is 0. The number of H-pyrrole nitrogens is 1. The van der Waals surface area contributed by atoms with E-state index in [9.17, 15) is 19.5 Å². The largest absolute Gasteiger partial charge is 0.504 e. The molecule has 6 heteroatoms. The van der Waals surface area contributed by atoms with Gasteiger partial charge in [-0.1, -0.05) is 44.9 Å². The van der Waals surface area contributed by atoms with Crippen molar-refractivity contribution in [2.75, 3.05) is 0 Å². The Morgan fingerprint density at radius 3 is 1.84 bits per heavy atom. The van der Waals surface area contributed by atoms with Crippen LogP contribution in [0.2, 0.25) is 0 Å². The number of nitrogens with one attached hydrogen (secondary N) is 1. The van der Waals surface area contributed by atoms with Crippen LogP contribution in [-0.4, -0.2) is 14.9 Å². The molecule has 2 unspecified atom stereocenters. The topological polar surface area (TPSA) is 92.2 Å². The van der Waals surface area contributed by atoms with Gasteiger partial charge < -0.3 is 5.11 Å². The van der Waals surface area contributed by atoms with Gasteiger partial charge in [0, 0.05) is 17.7 Å². The van der Waals surface area contributed by atoms with Crippen LogP contribution in [0, 0.1) is 17.8 Å². The maximum absolute atomic E-state index is 13.3. The van der Waals surface area contributed by atoms with Crippen LogP contribution >= 0.6 is 0 Å². The first kappa shape index (κ1) is 20.8. The summed E-state index contributed by atoms with van der Waals surface area (Å²) in [5.41, 5.74) is -0.467. The summed E-state index contributed by atoms with van der Waals surface area (Å²) in [5.74, 6) is 0.454. The van der Waals surface area contributed by atoms with Crippen molar-refractivity contribution in [3.63, 3.8) is 0 Å². The smallest absolute Gasteiger partial charge is 0.268 e. The van der Waals surface area contributed by atoms with Crippen LogP contribution in [0.3, 0.4) is 0 Å². The van der Waals surface area contributed by atoms with Crippen LogP contribution in [0.25, 0.3) is 0 Å². The molecule has 0 amide bonds. The zero-order valence-electron chi connectivity index (χ0n) is 18.3. The highest BCUT2D eigenvalue weighted by atomic mass is 16.3. The molecule has 0 saturated heterocycles. The van der Waals surface area contributed by atoms with Crippen molar-refractivity contribution in [3.05, 3.63) is 48.1 Å². The van der Waals surface area contributed by atoms with E-state index in [1.165, 1.54) is 57.8 Å². The second-order valence-electron chi connectivity index (χ2n) is 10.3. The molecular weight excluding hydrogens is 392 g/mol. The van der Waals surface area contributed by atoms with Crippen molar-refractivity contribution in [3.8, 4) is 5.75 Å². The van der Waals surface area contributed by atoms with Gasteiger partial charge >= 0.3 is 0 Å². The van der Waals surface area contributed by atoms with Crippen LogP contribution in [0.4, 0.5) is 0 Å². The molecule has 3 aliphatic carbocycles. The predicted octanol–water partition coefficient (Wildman–Crippen LogP) is 4.11. The predicted molar refractivity (Wildman–Crippen MR) is 119 cm³/mol. The second-order valence-corrected chi connectivity index (χ2v) is 10.3. The molecule has 0 radical (unpaired) electrons. The fourth-order valence-electron chi connectivity index (χ4n) is 7.01. The molecule has 0 spiro atoms. The Hall–Kier alpha value is -2.11. The van der Waals surface area contributed by atoms with E-state index in [1.807, 2.05) is 4.68 Å². The van der Waals surface area contributed by atoms with E-state index in [0.717, 1.165) is 25.7 Å². The van der Waals surface area contributed by atoms with Crippen molar-refractivity contribution < 1.29 is 5.11 Å². The van der Waals surface area contributed by atoms with Crippen LogP contribution in [-0.2, 0) is 0 Å². The summed E-state index contributed by atoms with van der Waals surface area (Å²) in [5, 5.41) is 13.6. The zero-order chi connectivity index (χ0) is 21.5. The van der Waals surface area contributed by atoms with Gasteiger partial charge in [-0.05, 0) is 56.3 Å². The molecule has 6 nitrogen and oxygen atoms in total.